The summed E-state index contributed by atoms with van der Waals surface area (Å²) in [5.41, 5.74) is 8.12. The molecule has 0 amide bonds. The molecule has 21 heavy (non-hydrogen) atoms. The Bertz CT molecular complexity index is 649. The molecule has 1 aromatic carbocycles. The molecular formula is C14H14BrN3O3. The van der Waals surface area contributed by atoms with Crippen molar-refractivity contribution in [3.63, 3.8) is 0 Å². The summed E-state index contributed by atoms with van der Waals surface area (Å²) in [5.74, 6) is 0.827. The van der Waals surface area contributed by atoms with Gasteiger partial charge in [0, 0.05) is 15.8 Å². The number of nitro groups is 1. The maximum atomic E-state index is 10.5. The smallest absolute Gasteiger partial charge is 0.228 e. The first-order valence-corrected chi connectivity index (χ1v) is 7.34. The zero-order valence-electron chi connectivity index (χ0n) is 11.2. The van der Waals surface area contributed by atoms with Gasteiger partial charge in [-0.3, -0.25) is 10.1 Å². The van der Waals surface area contributed by atoms with Crippen LogP contribution in [0.5, 0.6) is 5.75 Å². The van der Waals surface area contributed by atoms with E-state index in [2.05, 4.69) is 20.9 Å². The number of aromatic nitrogens is 1. The molecule has 2 rings (SSSR count). The van der Waals surface area contributed by atoms with Gasteiger partial charge in [0.05, 0.1) is 5.69 Å². The van der Waals surface area contributed by atoms with Gasteiger partial charge >= 0.3 is 0 Å². The van der Waals surface area contributed by atoms with Gasteiger partial charge in [0.25, 0.3) is 0 Å². The van der Waals surface area contributed by atoms with Crippen LogP contribution in [0.25, 0.3) is 0 Å². The van der Waals surface area contributed by atoms with E-state index >= 15 is 0 Å². The van der Waals surface area contributed by atoms with Crippen molar-refractivity contribution in [3.8, 4) is 5.75 Å². The van der Waals surface area contributed by atoms with Gasteiger partial charge < -0.3 is 10.5 Å². The summed E-state index contributed by atoms with van der Waals surface area (Å²) in [7, 11) is 0. The third-order valence-corrected chi connectivity index (χ3v) is 3.35. The van der Waals surface area contributed by atoms with Crippen molar-refractivity contribution < 1.29 is 9.66 Å². The molecule has 0 saturated heterocycles. The van der Waals surface area contributed by atoms with Crippen LogP contribution in [0.3, 0.4) is 0 Å². The minimum Gasteiger partial charge on any atom is -0.485 e. The Morgan fingerprint density at radius 1 is 1.29 bits per heavy atom. The summed E-state index contributed by atoms with van der Waals surface area (Å²) in [6.45, 7) is 0.0859. The molecule has 2 aromatic rings. The van der Waals surface area contributed by atoms with Crippen molar-refractivity contribution in [2.24, 2.45) is 0 Å². The van der Waals surface area contributed by atoms with E-state index in [-0.39, 0.29) is 18.1 Å². The molecule has 6 nitrogen and oxygen atoms in total. The van der Waals surface area contributed by atoms with E-state index in [1.165, 1.54) is 0 Å². The molecule has 0 atom stereocenters. The fraction of sp³-hybridized carbons (Fsp3) is 0.214. The highest BCUT2D eigenvalue weighted by molar-refractivity contribution is 9.08. The summed E-state index contributed by atoms with van der Waals surface area (Å²) >= 11 is 3.31. The number of hydrogen-bond acceptors (Lipinski definition) is 5. The van der Waals surface area contributed by atoms with Gasteiger partial charge in [-0.25, -0.2) is 4.98 Å². The van der Waals surface area contributed by atoms with E-state index < -0.39 is 0 Å². The zero-order valence-corrected chi connectivity index (χ0v) is 12.7. The molecule has 0 saturated carbocycles. The molecule has 0 fully saturated rings. The lowest BCUT2D eigenvalue weighted by atomic mass is 10.1. The molecule has 1 heterocycles. The van der Waals surface area contributed by atoms with Gasteiger partial charge in [0.2, 0.25) is 6.54 Å². The summed E-state index contributed by atoms with van der Waals surface area (Å²) in [5, 5.41) is 11.1. The predicted molar refractivity (Wildman–Crippen MR) is 82.8 cm³/mol. The molecule has 0 spiro atoms. The summed E-state index contributed by atoms with van der Waals surface area (Å²) in [6.07, 6.45) is 0. The van der Waals surface area contributed by atoms with Gasteiger partial charge in [0.15, 0.2) is 11.6 Å². The van der Waals surface area contributed by atoms with Crippen LogP contribution in [0.4, 0.5) is 5.82 Å². The lowest BCUT2D eigenvalue weighted by Crippen LogP contribution is -2.03. The number of pyridine rings is 1. The van der Waals surface area contributed by atoms with Crippen LogP contribution in [0, 0.1) is 10.1 Å². The Kier molecular flexibility index (Phi) is 5.10. The maximum Gasteiger partial charge on any atom is 0.228 e. The molecular weight excluding hydrogens is 338 g/mol. The largest absolute Gasteiger partial charge is 0.485 e. The lowest BCUT2D eigenvalue weighted by Gasteiger charge is -2.09. The Balaban J connectivity index is 2.04. The van der Waals surface area contributed by atoms with Crippen LogP contribution >= 0.6 is 15.9 Å². The average molecular weight is 352 g/mol. The summed E-state index contributed by atoms with van der Waals surface area (Å²) in [4.78, 5) is 14.3. The monoisotopic (exact) mass is 351 g/mol. The third-order valence-electron chi connectivity index (χ3n) is 2.78. The van der Waals surface area contributed by atoms with E-state index in [0.29, 0.717) is 22.5 Å². The normalized spacial score (nSPS) is 10.3. The van der Waals surface area contributed by atoms with Gasteiger partial charge in [-0.2, -0.15) is 0 Å². The molecule has 1 aromatic heterocycles. The predicted octanol–water partition coefficient (Wildman–Crippen LogP) is 2.91. The number of nitrogens with zero attached hydrogens (tertiary/aromatic N) is 2. The first-order valence-electron chi connectivity index (χ1n) is 6.22. The van der Waals surface area contributed by atoms with E-state index in [1.54, 1.807) is 24.3 Å². The van der Waals surface area contributed by atoms with E-state index in [4.69, 9.17) is 10.5 Å². The van der Waals surface area contributed by atoms with Crippen LogP contribution in [0.2, 0.25) is 0 Å². The Labute approximate surface area is 130 Å². The molecule has 0 radical (unpaired) electrons. The van der Waals surface area contributed by atoms with Crippen LogP contribution in [0.15, 0.2) is 36.4 Å². The van der Waals surface area contributed by atoms with Crippen molar-refractivity contribution in [3.05, 3.63) is 63.3 Å². The molecule has 0 aliphatic carbocycles. The van der Waals surface area contributed by atoms with E-state index in [0.717, 1.165) is 11.3 Å². The molecule has 0 bridgehead atoms. The first-order chi connectivity index (χ1) is 10.1. The van der Waals surface area contributed by atoms with Gasteiger partial charge in [-0.15, -0.1) is 0 Å². The highest BCUT2D eigenvalue weighted by atomic mass is 79.9. The van der Waals surface area contributed by atoms with Crippen molar-refractivity contribution in [2.75, 3.05) is 5.73 Å². The lowest BCUT2D eigenvalue weighted by molar-refractivity contribution is -0.496. The number of alkyl halides is 1. The van der Waals surface area contributed by atoms with Crippen LogP contribution < -0.4 is 10.5 Å². The molecule has 110 valence electrons. The minimum absolute atomic E-state index is 0.197. The van der Waals surface area contributed by atoms with Crippen molar-refractivity contribution in [1.29, 1.82) is 0 Å². The highest BCUT2D eigenvalue weighted by Crippen LogP contribution is 2.21. The number of nitrogen functional groups attached to an aromatic ring is 1. The number of ether oxygens (including phenoxy) is 1. The standard InChI is InChI=1S/C14H14BrN3O3/c15-7-12-4-5-13(14(16)17-12)21-9-11-3-1-2-10(6-11)8-18(19)20/h1-6H,7-9H2,(H2,16,17). The minimum atomic E-state index is -0.360. The SMILES string of the molecule is Nc1nc(CBr)ccc1OCc1cccc(C[N+](=O)[O-])c1. The van der Waals surface area contributed by atoms with Crippen molar-refractivity contribution in [1.82, 2.24) is 4.98 Å². The number of halogens is 1. The Hall–Kier alpha value is -2.15. The maximum absolute atomic E-state index is 10.5. The molecule has 0 aliphatic rings. The zero-order chi connectivity index (χ0) is 15.2. The summed E-state index contributed by atoms with van der Waals surface area (Å²) < 4.78 is 5.61. The number of hydrogen-bond donors (Lipinski definition) is 1. The second-order valence-electron chi connectivity index (χ2n) is 4.42. The topological polar surface area (TPSA) is 91.3 Å². The third kappa shape index (κ3) is 4.42. The van der Waals surface area contributed by atoms with E-state index in [1.807, 2.05) is 12.1 Å². The van der Waals surface area contributed by atoms with Crippen LogP contribution in [-0.2, 0) is 18.5 Å². The quantitative estimate of drug-likeness (QED) is 0.490. The van der Waals surface area contributed by atoms with Crippen LogP contribution in [0.1, 0.15) is 16.8 Å². The highest BCUT2D eigenvalue weighted by Gasteiger charge is 2.06. The van der Waals surface area contributed by atoms with Gasteiger partial charge in [0.1, 0.15) is 6.61 Å². The molecule has 0 aliphatic heterocycles. The number of nitrogens with two attached hydrogens (primary N) is 1. The van der Waals surface area contributed by atoms with Crippen LogP contribution in [-0.4, -0.2) is 9.91 Å². The van der Waals surface area contributed by atoms with Crippen molar-refractivity contribution in [2.45, 2.75) is 18.5 Å². The second kappa shape index (κ2) is 7.03. The van der Waals surface area contributed by atoms with Crippen molar-refractivity contribution >= 4 is 21.7 Å². The summed E-state index contributed by atoms with van der Waals surface area (Å²) in [6, 6.07) is 10.7. The average Bonchev–Trinajstić information content (AvgIpc) is 2.45. The number of anilines is 1. The molecule has 0 unspecified atom stereocenters. The number of rotatable bonds is 6. The Morgan fingerprint density at radius 3 is 2.71 bits per heavy atom. The molecule has 2 N–H and O–H groups in total. The Morgan fingerprint density at radius 2 is 2.05 bits per heavy atom. The fourth-order valence-corrected chi connectivity index (χ4v) is 2.14. The van der Waals surface area contributed by atoms with Gasteiger partial charge in [-0.05, 0) is 23.8 Å². The second-order valence-corrected chi connectivity index (χ2v) is 4.98. The first kappa shape index (κ1) is 15.2. The molecule has 7 heteroatoms. The van der Waals surface area contributed by atoms with E-state index in [9.17, 15) is 10.1 Å². The van der Waals surface area contributed by atoms with Gasteiger partial charge in [-0.1, -0.05) is 34.1 Å². The number of benzene rings is 1. The fourth-order valence-electron chi connectivity index (χ4n) is 1.83.